The van der Waals surface area contributed by atoms with Crippen LogP contribution < -0.4 is 10.5 Å². The minimum atomic E-state index is -1.10. The topological polar surface area (TPSA) is 116 Å². The number of ether oxygens (including phenoxy) is 1. The molecular formula is C23H25N3O5. The average molecular weight is 423 g/mol. The predicted octanol–water partition coefficient (Wildman–Crippen LogP) is 2.94. The summed E-state index contributed by atoms with van der Waals surface area (Å²) in [7, 11) is 0. The molecule has 3 rings (SSSR count). The molecule has 0 fully saturated rings. The second kappa shape index (κ2) is 9.80. The van der Waals surface area contributed by atoms with E-state index in [0.717, 1.165) is 16.8 Å². The zero-order valence-corrected chi connectivity index (χ0v) is 17.5. The number of carbonyl (C=O) groups excluding carboxylic acids is 1. The molecule has 2 aromatic carbocycles. The van der Waals surface area contributed by atoms with Crippen LogP contribution in [0.15, 0.2) is 53.7 Å². The van der Waals surface area contributed by atoms with E-state index in [1.54, 1.807) is 19.1 Å². The number of carbonyl (C=O) groups is 2. The molecule has 1 amide bonds. The van der Waals surface area contributed by atoms with Gasteiger partial charge in [0.15, 0.2) is 12.3 Å². The lowest BCUT2D eigenvalue weighted by Crippen LogP contribution is -2.26. The van der Waals surface area contributed by atoms with Crippen molar-refractivity contribution in [2.24, 2.45) is 10.9 Å². The SMILES string of the molecule is CCO/N=C(\C(N)=O)c1c(CC)n(Cc2ccccc2)c2cccc(OCC(=O)O)c12. The summed E-state index contributed by atoms with van der Waals surface area (Å²) in [6.07, 6.45) is 0.577. The lowest BCUT2D eigenvalue weighted by molar-refractivity contribution is -0.139. The molecule has 31 heavy (non-hydrogen) atoms. The molecule has 0 unspecified atom stereocenters. The zero-order valence-electron chi connectivity index (χ0n) is 17.5. The number of aromatic nitrogens is 1. The van der Waals surface area contributed by atoms with Gasteiger partial charge in [-0.05, 0) is 31.0 Å². The summed E-state index contributed by atoms with van der Waals surface area (Å²) >= 11 is 0. The predicted molar refractivity (Wildman–Crippen MR) is 117 cm³/mol. The van der Waals surface area contributed by atoms with Gasteiger partial charge >= 0.3 is 5.97 Å². The van der Waals surface area contributed by atoms with E-state index in [4.69, 9.17) is 20.4 Å². The van der Waals surface area contributed by atoms with E-state index in [1.807, 2.05) is 43.3 Å². The Hall–Kier alpha value is -3.81. The summed E-state index contributed by atoms with van der Waals surface area (Å²) < 4.78 is 7.63. The van der Waals surface area contributed by atoms with Crippen molar-refractivity contribution in [1.29, 1.82) is 0 Å². The largest absolute Gasteiger partial charge is 0.481 e. The first kappa shape index (κ1) is 21.9. The van der Waals surface area contributed by atoms with Crippen LogP contribution in [0.2, 0.25) is 0 Å². The van der Waals surface area contributed by atoms with Crippen molar-refractivity contribution in [3.05, 3.63) is 65.4 Å². The minimum absolute atomic E-state index is 0.0260. The number of primary amides is 1. The number of hydrogen-bond acceptors (Lipinski definition) is 5. The third-order valence-corrected chi connectivity index (χ3v) is 4.78. The van der Waals surface area contributed by atoms with E-state index in [1.165, 1.54) is 0 Å². The second-order valence-electron chi connectivity index (χ2n) is 6.80. The van der Waals surface area contributed by atoms with E-state index in [9.17, 15) is 9.59 Å². The van der Waals surface area contributed by atoms with Crippen LogP contribution in [0.3, 0.4) is 0 Å². The molecule has 1 aromatic heterocycles. The standard InChI is InChI=1S/C23H25N3O5/c1-3-16-21(22(23(24)29)25-31-4-2)20-17(11-8-12-18(20)30-14-19(27)28)26(16)13-15-9-6-5-7-10-15/h5-12H,3-4,13-14H2,1-2H3,(H2,24,29)(H,27,28)/b25-22-. The fraction of sp³-hybridized carbons (Fsp3) is 0.261. The molecule has 0 atom stereocenters. The molecule has 0 spiro atoms. The van der Waals surface area contributed by atoms with Gasteiger partial charge in [-0.2, -0.15) is 0 Å². The van der Waals surface area contributed by atoms with Crippen molar-refractivity contribution in [2.45, 2.75) is 26.8 Å². The molecule has 1 heterocycles. The van der Waals surface area contributed by atoms with Crippen LogP contribution >= 0.6 is 0 Å². The molecule has 162 valence electrons. The molecule has 0 saturated carbocycles. The number of carboxylic acids is 1. The molecule has 0 radical (unpaired) electrons. The molecule has 0 aliphatic heterocycles. The fourth-order valence-electron chi connectivity index (χ4n) is 3.59. The maximum Gasteiger partial charge on any atom is 0.341 e. The van der Waals surface area contributed by atoms with Gasteiger partial charge < -0.3 is 25.0 Å². The van der Waals surface area contributed by atoms with E-state index in [-0.39, 0.29) is 12.3 Å². The molecule has 0 aliphatic carbocycles. The van der Waals surface area contributed by atoms with E-state index in [0.29, 0.717) is 29.7 Å². The summed E-state index contributed by atoms with van der Waals surface area (Å²) in [5.74, 6) is -1.51. The number of carboxylic acid groups (broad SMARTS) is 1. The van der Waals surface area contributed by atoms with Crippen molar-refractivity contribution in [3.8, 4) is 5.75 Å². The first-order valence-corrected chi connectivity index (χ1v) is 10.0. The number of nitrogens with two attached hydrogens (primary N) is 1. The summed E-state index contributed by atoms with van der Waals surface area (Å²) in [6.45, 7) is 4.02. The van der Waals surface area contributed by atoms with Gasteiger partial charge in [0.25, 0.3) is 5.91 Å². The molecule has 0 aliphatic rings. The Kier molecular flexibility index (Phi) is 6.92. The van der Waals surface area contributed by atoms with Gasteiger partial charge in [0.05, 0.1) is 10.9 Å². The lowest BCUT2D eigenvalue weighted by atomic mass is 10.0. The molecule has 0 bridgehead atoms. The minimum Gasteiger partial charge on any atom is -0.481 e. The number of aliphatic carboxylic acids is 1. The van der Waals surface area contributed by atoms with Gasteiger partial charge in [-0.1, -0.05) is 48.5 Å². The maximum atomic E-state index is 12.3. The molecule has 8 heteroatoms. The molecule has 3 N–H and O–H groups in total. The smallest absolute Gasteiger partial charge is 0.341 e. The Bertz CT molecular complexity index is 1120. The number of rotatable bonds is 10. The van der Waals surface area contributed by atoms with Crippen LogP contribution in [0.1, 0.15) is 30.7 Å². The second-order valence-corrected chi connectivity index (χ2v) is 6.80. The third-order valence-electron chi connectivity index (χ3n) is 4.78. The first-order valence-electron chi connectivity index (χ1n) is 10.0. The molecule has 0 saturated heterocycles. The highest BCUT2D eigenvalue weighted by molar-refractivity contribution is 6.47. The van der Waals surface area contributed by atoms with Gasteiger partial charge in [-0.15, -0.1) is 0 Å². The van der Waals surface area contributed by atoms with E-state index >= 15 is 0 Å². The summed E-state index contributed by atoms with van der Waals surface area (Å²) in [5.41, 5.74) is 8.81. The average Bonchev–Trinajstić information content (AvgIpc) is 3.06. The van der Waals surface area contributed by atoms with Crippen molar-refractivity contribution in [2.75, 3.05) is 13.2 Å². The fourth-order valence-corrected chi connectivity index (χ4v) is 3.59. The van der Waals surface area contributed by atoms with Crippen molar-refractivity contribution in [1.82, 2.24) is 4.57 Å². The van der Waals surface area contributed by atoms with Crippen LogP contribution in [-0.2, 0) is 27.4 Å². The molecular weight excluding hydrogens is 398 g/mol. The van der Waals surface area contributed by atoms with Gasteiger partial charge in [0.1, 0.15) is 12.4 Å². The number of fused-ring (bicyclic) bond motifs is 1. The lowest BCUT2D eigenvalue weighted by Gasteiger charge is -2.11. The van der Waals surface area contributed by atoms with Crippen LogP contribution in [-0.4, -0.2) is 40.5 Å². The van der Waals surface area contributed by atoms with Crippen molar-refractivity contribution in [3.63, 3.8) is 0 Å². The van der Waals surface area contributed by atoms with Crippen LogP contribution in [0.4, 0.5) is 0 Å². The Balaban J connectivity index is 2.32. The Morgan fingerprint density at radius 3 is 2.45 bits per heavy atom. The van der Waals surface area contributed by atoms with Crippen LogP contribution in [0.5, 0.6) is 5.75 Å². The van der Waals surface area contributed by atoms with E-state index in [2.05, 4.69) is 9.72 Å². The maximum absolute atomic E-state index is 12.3. The summed E-state index contributed by atoms with van der Waals surface area (Å²) in [6, 6.07) is 15.2. The zero-order chi connectivity index (χ0) is 22.4. The summed E-state index contributed by atoms with van der Waals surface area (Å²) in [4.78, 5) is 28.6. The molecule has 8 nitrogen and oxygen atoms in total. The van der Waals surface area contributed by atoms with E-state index < -0.39 is 18.5 Å². The first-order chi connectivity index (χ1) is 15.0. The van der Waals surface area contributed by atoms with Gasteiger partial charge in [-0.25, -0.2) is 4.79 Å². The van der Waals surface area contributed by atoms with Gasteiger partial charge in [0, 0.05) is 17.8 Å². The summed E-state index contributed by atoms with van der Waals surface area (Å²) in [5, 5.41) is 13.6. The Labute approximate surface area is 179 Å². The molecule has 3 aromatic rings. The normalized spacial score (nSPS) is 11.5. The van der Waals surface area contributed by atoms with Gasteiger partial charge in [-0.3, -0.25) is 4.79 Å². The number of hydrogen-bond donors (Lipinski definition) is 2. The number of amides is 1. The Morgan fingerprint density at radius 2 is 1.84 bits per heavy atom. The number of oxime groups is 1. The quantitative estimate of drug-likeness (QED) is 0.384. The Morgan fingerprint density at radius 1 is 1.10 bits per heavy atom. The monoisotopic (exact) mass is 423 g/mol. The van der Waals surface area contributed by atoms with Crippen molar-refractivity contribution < 1.29 is 24.3 Å². The van der Waals surface area contributed by atoms with Crippen LogP contribution in [0.25, 0.3) is 10.9 Å². The number of benzene rings is 2. The number of nitrogens with zero attached hydrogens (tertiary/aromatic N) is 2. The van der Waals surface area contributed by atoms with Gasteiger partial charge in [0.2, 0.25) is 0 Å². The highest BCUT2D eigenvalue weighted by atomic mass is 16.6. The highest BCUT2D eigenvalue weighted by Crippen LogP contribution is 2.35. The highest BCUT2D eigenvalue weighted by Gasteiger charge is 2.26. The van der Waals surface area contributed by atoms with Crippen molar-refractivity contribution >= 4 is 28.5 Å². The third kappa shape index (κ3) is 4.69. The van der Waals surface area contributed by atoms with Crippen LogP contribution in [0, 0.1) is 0 Å².